The van der Waals surface area contributed by atoms with Gasteiger partial charge in [0, 0.05) is 0 Å². The van der Waals surface area contributed by atoms with Crippen molar-refractivity contribution in [2.24, 2.45) is 11.5 Å². The molecular weight excluding hydrogens is 208 g/mol. The Balaban J connectivity index is 2.34. The molecule has 0 aromatic heterocycles. The smallest absolute Gasteiger partial charge is 0.314 e. The van der Waals surface area contributed by atoms with Gasteiger partial charge >= 0.3 is 10.4 Å². The van der Waals surface area contributed by atoms with E-state index >= 15 is 0 Å². The zero-order valence-electron chi connectivity index (χ0n) is 7.68. The minimum absolute atomic E-state index is 0.513. The van der Waals surface area contributed by atoms with E-state index in [-0.39, 0.29) is 0 Å². The Labute approximate surface area is 82.9 Å². The molecular formula is C7H14N2O4S. The zero-order valence-corrected chi connectivity index (χ0v) is 8.50. The molecule has 0 aromatic rings. The van der Waals surface area contributed by atoms with E-state index in [4.69, 9.17) is 19.8 Å². The lowest BCUT2D eigenvalue weighted by Gasteiger charge is -2.36. The summed E-state index contributed by atoms with van der Waals surface area (Å²) in [6, 6.07) is 0. The summed E-state index contributed by atoms with van der Waals surface area (Å²) in [4.78, 5) is 0. The molecule has 2 rings (SSSR count). The van der Waals surface area contributed by atoms with Gasteiger partial charge in [0.15, 0.2) is 0 Å². The lowest BCUT2D eigenvalue weighted by atomic mass is 9.80. The third-order valence-corrected chi connectivity index (χ3v) is 3.87. The molecule has 0 bridgehead atoms. The topological polar surface area (TPSA) is 105 Å². The summed E-state index contributed by atoms with van der Waals surface area (Å²) < 4.78 is 32.0. The first-order chi connectivity index (χ1) is 6.46. The molecule has 2 fully saturated rings. The van der Waals surface area contributed by atoms with E-state index in [0.717, 1.165) is 12.8 Å². The molecule has 1 aliphatic carbocycles. The van der Waals surface area contributed by atoms with Gasteiger partial charge in [0.2, 0.25) is 0 Å². The van der Waals surface area contributed by atoms with Crippen LogP contribution in [0.5, 0.6) is 0 Å². The van der Waals surface area contributed by atoms with Crippen LogP contribution in [-0.2, 0) is 18.8 Å². The molecule has 0 aromatic carbocycles. The Morgan fingerprint density at radius 1 is 1.36 bits per heavy atom. The van der Waals surface area contributed by atoms with Crippen LogP contribution in [0.4, 0.5) is 0 Å². The summed E-state index contributed by atoms with van der Waals surface area (Å²) in [7, 11) is -3.89. The maximum absolute atomic E-state index is 11.2. The predicted molar refractivity (Wildman–Crippen MR) is 48.2 cm³/mol. The second-order valence-corrected chi connectivity index (χ2v) is 4.98. The van der Waals surface area contributed by atoms with Crippen molar-refractivity contribution < 1.29 is 16.8 Å². The van der Waals surface area contributed by atoms with Crippen LogP contribution >= 0.6 is 0 Å². The molecule has 4 N–H and O–H groups in total. The maximum atomic E-state index is 11.2. The Morgan fingerprint density at radius 2 is 2.07 bits per heavy atom. The second kappa shape index (κ2) is 3.14. The van der Waals surface area contributed by atoms with Crippen molar-refractivity contribution in [3.05, 3.63) is 0 Å². The Morgan fingerprint density at radius 3 is 2.64 bits per heavy atom. The summed E-state index contributed by atoms with van der Waals surface area (Å²) in [6.07, 6.45) is 1.60. The lowest BCUT2D eigenvalue weighted by molar-refractivity contribution is -0.0177. The van der Waals surface area contributed by atoms with E-state index in [1.165, 1.54) is 0 Å². The average Bonchev–Trinajstić information content (AvgIpc) is 2.35. The Hall–Kier alpha value is -0.210. The third-order valence-electron chi connectivity index (χ3n) is 2.88. The summed E-state index contributed by atoms with van der Waals surface area (Å²) in [5, 5.41) is 0. The lowest BCUT2D eigenvalue weighted by Crippen LogP contribution is -2.60. The molecule has 0 spiro atoms. The summed E-state index contributed by atoms with van der Waals surface area (Å²) in [5.74, 6) is 0. The molecule has 2 aliphatic rings. The van der Waals surface area contributed by atoms with Gasteiger partial charge in [0.1, 0.15) is 11.7 Å². The quantitative estimate of drug-likeness (QED) is 0.563. The standard InChI is InChI=1S/C7H14N2O4S/c8-6(9)7-4-2-1-3-5(7)12-14(10,11)13-7/h5-6H,1-4,8-9H2. The highest BCUT2D eigenvalue weighted by atomic mass is 32.3. The van der Waals surface area contributed by atoms with E-state index in [1.54, 1.807) is 0 Å². The van der Waals surface area contributed by atoms with E-state index in [9.17, 15) is 8.42 Å². The fourth-order valence-electron chi connectivity index (χ4n) is 2.15. The highest BCUT2D eigenvalue weighted by Gasteiger charge is 2.56. The molecule has 2 atom stereocenters. The van der Waals surface area contributed by atoms with Crippen molar-refractivity contribution in [3.8, 4) is 0 Å². The number of nitrogens with two attached hydrogens (primary N) is 2. The van der Waals surface area contributed by atoms with Crippen molar-refractivity contribution in [2.45, 2.75) is 43.6 Å². The van der Waals surface area contributed by atoms with E-state index in [2.05, 4.69) is 0 Å². The van der Waals surface area contributed by atoms with Crippen molar-refractivity contribution in [2.75, 3.05) is 0 Å². The van der Waals surface area contributed by atoms with Crippen LogP contribution in [0, 0.1) is 0 Å². The summed E-state index contributed by atoms with van der Waals surface area (Å²) in [5.41, 5.74) is 10.1. The van der Waals surface area contributed by atoms with Crippen molar-refractivity contribution in [1.29, 1.82) is 0 Å². The molecule has 82 valence electrons. The molecule has 1 saturated heterocycles. The first kappa shape index (κ1) is 10.3. The third kappa shape index (κ3) is 1.45. The van der Waals surface area contributed by atoms with Gasteiger partial charge in [0.05, 0.1) is 6.17 Å². The van der Waals surface area contributed by atoms with Crippen LogP contribution in [0.1, 0.15) is 25.7 Å². The van der Waals surface area contributed by atoms with Gasteiger partial charge in [-0.05, 0) is 12.8 Å². The van der Waals surface area contributed by atoms with Crippen LogP contribution in [0.25, 0.3) is 0 Å². The van der Waals surface area contributed by atoms with E-state index in [0.29, 0.717) is 12.8 Å². The van der Waals surface area contributed by atoms with E-state index in [1.807, 2.05) is 0 Å². The van der Waals surface area contributed by atoms with Crippen molar-refractivity contribution in [1.82, 2.24) is 0 Å². The Bertz CT molecular complexity index is 329. The van der Waals surface area contributed by atoms with Gasteiger partial charge in [-0.2, -0.15) is 8.42 Å². The Kier molecular flexibility index (Phi) is 2.31. The largest absolute Gasteiger partial charge is 0.400 e. The minimum Gasteiger partial charge on any atom is -0.314 e. The normalized spacial score (nSPS) is 41.2. The van der Waals surface area contributed by atoms with Crippen LogP contribution in [0.15, 0.2) is 0 Å². The van der Waals surface area contributed by atoms with Crippen LogP contribution in [0.2, 0.25) is 0 Å². The maximum Gasteiger partial charge on any atom is 0.400 e. The van der Waals surface area contributed by atoms with Gasteiger partial charge in [-0.15, -0.1) is 0 Å². The molecule has 1 aliphatic heterocycles. The van der Waals surface area contributed by atoms with Gasteiger partial charge < -0.3 is 11.5 Å². The van der Waals surface area contributed by atoms with Crippen LogP contribution in [-0.4, -0.2) is 26.3 Å². The van der Waals surface area contributed by atoms with Gasteiger partial charge in [-0.3, -0.25) is 0 Å². The SMILES string of the molecule is NC(N)C12CCCCC1OS(=O)(=O)O2. The first-order valence-electron chi connectivity index (χ1n) is 4.61. The summed E-state index contributed by atoms with van der Waals surface area (Å²) in [6.45, 7) is 0. The number of hydrogen-bond donors (Lipinski definition) is 2. The highest BCUT2D eigenvalue weighted by Crippen LogP contribution is 2.42. The fraction of sp³-hybridized carbons (Fsp3) is 1.00. The molecule has 1 heterocycles. The van der Waals surface area contributed by atoms with Gasteiger partial charge in [0.25, 0.3) is 0 Å². The predicted octanol–water partition coefficient (Wildman–Crippen LogP) is -0.797. The first-order valence-corrected chi connectivity index (χ1v) is 5.95. The van der Waals surface area contributed by atoms with Gasteiger partial charge in [-0.1, -0.05) is 12.8 Å². The van der Waals surface area contributed by atoms with Crippen LogP contribution < -0.4 is 11.5 Å². The number of rotatable bonds is 1. The summed E-state index contributed by atoms with van der Waals surface area (Å²) >= 11 is 0. The molecule has 0 radical (unpaired) electrons. The molecule has 14 heavy (non-hydrogen) atoms. The monoisotopic (exact) mass is 222 g/mol. The zero-order chi connectivity index (χ0) is 10.4. The van der Waals surface area contributed by atoms with E-state index < -0.39 is 28.3 Å². The fourth-order valence-corrected chi connectivity index (χ4v) is 3.41. The van der Waals surface area contributed by atoms with Gasteiger partial charge in [-0.25, -0.2) is 8.37 Å². The second-order valence-electron chi connectivity index (χ2n) is 3.80. The number of fused-ring (bicyclic) bond motifs is 1. The molecule has 2 unspecified atom stereocenters. The van der Waals surface area contributed by atoms with Crippen molar-refractivity contribution in [3.63, 3.8) is 0 Å². The number of hydrogen-bond acceptors (Lipinski definition) is 6. The molecule has 0 amide bonds. The highest BCUT2D eigenvalue weighted by molar-refractivity contribution is 7.82. The molecule has 6 nitrogen and oxygen atoms in total. The molecule has 7 heteroatoms. The van der Waals surface area contributed by atoms with Crippen molar-refractivity contribution >= 4 is 10.4 Å². The minimum atomic E-state index is -3.89. The average molecular weight is 222 g/mol. The van der Waals surface area contributed by atoms with Crippen LogP contribution in [0.3, 0.4) is 0 Å². The molecule has 1 saturated carbocycles.